The maximum absolute atomic E-state index is 12.2. The molecule has 8 nitrogen and oxygen atoms in total. The van der Waals surface area contributed by atoms with Crippen molar-refractivity contribution >= 4 is 11.9 Å². The Morgan fingerprint density at radius 1 is 1.15 bits per heavy atom. The van der Waals surface area contributed by atoms with Crippen LogP contribution in [-0.4, -0.2) is 37.3 Å². The molecule has 1 aliphatic heterocycles. The number of rotatable bonds is 9. The number of fused-ring (bicyclic) bond motifs is 1. The molecule has 0 spiro atoms. The lowest BCUT2D eigenvalue weighted by atomic mass is 9.86. The second-order valence-corrected chi connectivity index (χ2v) is 8.34. The average Bonchev–Trinajstić information content (AvgIpc) is 3.56. The molecule has 0 bridgehead atoms. The van der Waals surface area contributed by atoms with Crippen LogP contribution in [0.2, 0.25) is 0 Å². The number of nitrogens with zero attached hydrogens (tertiary/aromatic N) is 1. The van der Waals surface area contributed by atoms with Gasteiger partial charge in [-0.25, -0.2) is 0 Å². The molecule has 1 aliphatic carbocycles. The number of methoxy groups -OCH3 is 2. The van der Waals surface area contributed by atoms with Gasteiger partial charge in [-0.2, -0.15) is 5.26 Å². The predicted octanol–water partition coefficient (Wildman–Crippen LogP) is 3.78. The highest BCUT2D eigenvalue weighted by Gasteiger charge is 2.60. The van der Waals surface area contributed by atoms with Gasteiger partial charge in [0.15, 0.2) is 11.5 Å². The largest absolute Gasteiger partial charge is 0.493 e. The quantitative estimate of drug-likeness (QED) is 0.597. The molecule has 2 aliphatic rings. The number of amides is 1. The first kappa shape index (κ1) is 22.5. The fourth-order valence-corrected chi connectivity index (χ4v) is 4.57. The maximum Gasteiger partial charge on any atom is 0.313 e. The molecule has 0 aromatic heterocycles. The molecule has 1 amide bonds. The molecule has 172 valence electrons. The molecule has 2 unspecified atom stereocenters. The van der Waals surface area contributed by atoms with Crippen LogP contribution in [0.15, 0.2) is 30.3 Å². The van der Waals surface area contributed by atoms with Crippen LogP contribution in [0.5, 0.6) is 17.2 Å². The van der Waals surface area contributed by atoms with Gasteiger partial charge >= 0.3 is 5.97 Å². The van der Waals surface area contributed by atoms with Crippen LogP contribution in [0, 0.1) is 22.7 Å². The van der Waals surface area contributed by atoms with Crippen molar-refractivity contribution in [2.24, 2.45) is 11.3 Å². The second-order valence-electron chi connectivity index (χ2n) is 8.34. The van der Waals surface area contributed by atoms with Crippen LogP contribution in [0.25, 0.3) is 11.1 Å². The topological polar surface area (TPSA) is 118 Å². The molecule has 2 aromatic carbocycles. The number of aliphatic carboxylic acids is 1. The Labute approximate surface area is 192 Å². The van der Waals surface area contributed by atoms with Gasteiger partial charge in [-0.3, -0.25) is 9.59 Å². The molecule has 33 heavy (non-hydrogen) atoms. The van der Waals surface area contributed by atoms with Gasteiger partial charge < -0.3 is 24.6 Å². The van der Waals surface area contributed by atoms with Crippen molar-refractivity contribution in [1.29, 1.82) is 5.26 Å². The van der Waals surface area contributed by atoms with Gasteiger partial charge in [0.1, 0.15) is 11.5 Å². The number of carboxylic acids is 1. The Kier molecular flexibility index (Phi) is 5.90. The zero-order valence-corrected chi connectivity index (χ0v) is 18.8. The lowest BCUT2D eigenvalue weighted by molar-refractivity contribution is -0.148. The summed E-state index contributed by atoms with van der Waals surface area (Å²) in [6, 6.07) is 11.2. The summed E-state index contributed by atoms with van der Waals surface area (Å²) in [6.07, 6.45) is 0.441. The van der Waals surface area contributed by atoms with Gasteiger partial charge in [-0.1, -0.05) is 19.1 Å². The third-order valence-electron chi connectivity index (χ3n) is 6.61. The van der Waals surface area contributed by atoms with E-state index < -0.39 is 23.4 Å². The minimum absolute atomic E-state index is 0.147. The van der Waals surface area contributed by atoms with Crippen LogP contribution in [-0.2, 0) is 11.3 Å². The Balaban J connectivity index is 1.91. The summed E-state index contributed by atoms with van der Waals surface area (Å²) in [4.78, 5) is 24.4. The van der Waals surface area contributed by atoms with E-state index in [2.05, 4.69) is 11.4 Å². The van der Waals surface area contributed by atoms with Crippen LogP contribution in [0.1, 0.15) is 42.1 Å². The number of ether oxygens (including phenoxy) is 3. The summed E-state index contributed by atoms with van der Waals surface area (Å²) in [5.41, 5.74) is 1.68. The number of carbonyl (C=O) groups is 2. The highest BCUT2D eigenvalue weighted by Crippen LogP contribution is 2.55. The maximum atomic E-state index is 12.2. The van der Waals surface area contributed by atoms with Gasteiger partial charge in [-0.15, -0.1) is 0 Å². The summed E-state index contributed by atoms with van der Waals surface area (Å²) < 4.78 is 17.6. The smallest absolute Gasteiger partial charge is 0.313 e. The van der Waals surface area contributed by atoms with Crippen LogP contribution in [0.3, 0.4) is 0 Å². The number of carbonyl (C=O) groups excluding carboxylic acids is 1. The average molecular weight is 450 g/mol. The normalized spacial score (nSPS) is 17.2. The van der Waals surface area contributed by atoms with E-state index >= 15 is 0 Å². The van der Waals surface area contributed by atoms with E-state index in [1.807, 2.05) is 13.0 Å². The molecule has 4 rings (SSSR count). The zero-order chi connectivity index (χ0) is 23.8. The fraction of sp³-hybridized carbons (Fsp3) is 0.400. The third kappa shape index (κ3) is 3.63. The standard InChI is InChI=1S/C25H26N2O6/c1-4-14(12-26)22(25(10-11-25)24(29)30)33-20-16(8-9-19(31-2)21(20)32-3)15-6-5-7-17-18(15)13-27-23(17)28/h5-9,14,22H,4,10-11,13H2,1-3H3,(H,27,28)(H,29,30). The monoisotopic (exact) mass is 450 g/mol. The highest BCUT2D eigenvalue weighted by atomic mass is 16.5. The molecule has 8 heteroatoms. The zero-order valence-electron chi connectivity index (χ0n) is 18.8. The number of carboxylic acid groups (broad SMARTS) is 1. The molecule has 1 heterocycles. The number of hydrogen-bond donors (Lipinski definition) is 2. The summed E-state index contributed by atoms with van der Waals surface area (Å²) >= 11 is 0. The summed E-state index contributed by atoms with van der Waals surface area (Å²) in [5, 5.41) is 22.6. The first-order valence-corrected chi connectivity index (χ1v) is 10.9. The van der Waals surface area contributed by atoms with E-state index in [1.165, 1.54) is 14.2 Å². The SMILES string of the molecule is CCC(C#N)C(Oc1c(-c2cccc3c2CNC3=O)ccc(OC)c1OC)C1(C(=O)O)CC1. The van der Waals surface area contributed by atoms with E-state index in [1.54, 1.807) is 24.3 Å². The van der Waals surface area contributed by atoms with Crippen molar-refractivity contribution in [1.82, 2.24) is 5.32 Å². The van der Waals surface area contributed by atoms with Crippen LogP contribution < -0.4 is 19.5 Å². The molecule has 0 radical (unpaired) electrons. The Morgan fingerprint density at radius 3 is 2.45 bits per heavy atom. The van der Waals surface area contributed by atoms with Crippen LogP contribution >= 0.6 is 0 Å². The lowest BCUT2D eigenvalue weighted by Gasteiger charge is -2.30. The van der Waals surface area contributed by atoms with E-state index in [-0.39, 0.29) is 5.91 Å². The van der Waals surface area contributed by atoms with Crippen molar-refractivity contribution in [2.45, 2.75) is 38.8 Å². The van der Waals surface area contributed by atoms with Gasteiger partial charge in [0.05, 0.1) is 26.2 Å². The van der Waals surface area contributed by atoms with Gasteiger partial charge in [0.25, 0.3) is 5.91 Å². The molecular weight excluding hydrogens is 424 g/mol. The van der Waals surface area contributed by atoms with E-state index in [0.29, 0.717) is 54.2 Å². The van der Waals surface area contributed by atoms with Crippen molar-refractivity contribution in [3.63, 3.8) is 0 Å². The predicted molar refractivity (Wildman–Crippen MR) is 119 cm³/mol. The molecule has 1 saturated carbocycles. The Hall–Kier alpha value is -3.73. The molecular formula is C25H26N2O6. The minimum atomic E-state index is -1.13. The number of nitriles is 1. The molecule has 2 atom stereocenters. The lowest BCUT2D eigenvalue weighted by Crippen LogP contribution is -2.40. The third-order valence-corrected chi connectivity index (χ3v) is 6.61. The van der Waals surface area contributed by atoms with E-state index in [0.717, 1.165) is 11.1 Å². The van der Waals surface area contributed by atoms with Gasteiger partial charge in [-0.05, 0) is 48.6 Å². The Bertz CT molecular complexity index is 1150. The van der Waals surface area contributed by atoms with Gasteiger partial charge in [0.2, 0.25) is 5.75 Å². The fourth-order valence-electron chi connectivity index (χ4n) is 4.57. The van der Waals surface area contributed by atoms with Crippen LogP contribution in [0.4, 0.5) is 0 Å². The summed E-state index contributed by atoms with van der Waals surface area (Å²) in [7, 11) is 2.99. The van der Waals surface area contributed by atoms with Gasteiger partial charge in [0, 0.05) is 17.7 Å². The second kappa shape index (κ2) is 8.66. The molecule has 0 saturated heterocycles. The first-order chi connectivity index (χ1) is 15.9. The summed E-state index contributed by atoms with van der Waals surface area (Å²) in [6.45, 7) is 2.21. The molecule has 1 fully saturated rings. The highest BCUT2D eigenvalue weighted by molar-refractivity contribution is 6.01. The minimum Gasteiger partial charge on any atom is -0.493 e. The summed E-state index contributed by atoms with van der Waals surface area (Å²) in [5.74, 6) is -0.718. The molecule has 2 N–H and O–H groups in total. The Morgan fingerprint density at radius 2 is 1.88 bits per heavy atom. The first-order valence-electron chi connectivity index (χ1n) is 10.9. The van der Waals surface area contributed by atoms with E-state index in [9.17, 15) is 20.0 Å². The van der Waals surface area contributed by atoms with Crippen molar-refractivity contribution < 1.29 is 28.9 Å². The van der Waals surface area contributed by atoms with Crippen molar-refractivity contribution in [2.75, 3.05) is 14.2 Å². The van der Waals surface area contributed by atoms with Crippen molar-refractivity contribution in [3.8, 4) is 34.4 Å². The van der Waals surface area contributed by atoms with E-state index in [4.69, 9.17) is 14.2 Å². The number of nitrogens with one attached hydrogen (secondary N) is 1. The molecule has 2 aromatic rings. The number of benzene rings is 2. The van der Waals surface area contributed by atoms with Crippen molar-refractivity contribution in [3.05, 3.63) is 41.5 Å². The number of hydrogen-bond acceptors (Lipinski definition) is 6.